The highest BCUT2D eigenvalue weighted by molar-refractivity contribution is 7.99. The molecular weight excluding hydrogens is 440 g/mol. The second-order valence-corrected chi connectivity index (χ2v) is 9.01. The van der Waals surface area contributed by atoms with Crippen LogP contribution in [0.25, 0.3) is 22.4 Å². The highest BCUT2D eigenvalue weighted by Gasteiger charge is 2.22. The first-order valence-corrected chi connectivity index (χ1v) is 11.7. The third-order valence-corrected chi connectivity index (χ3v) is 6.32. The van der Waals surface area contributed by atoms with Crippen LogP contribution in [0.3, 0.4) is 0 Å². The summed E-state index contributed by atoms with van der Waals surface area (Å²) in [6, 6.07) is 6.34. The summed E-state index contributed by atoms with van der Waals surface area (Å²) in [7, 11) is 0. The summed E-state index contributed by atoms with van der Waals surface area (Å²) in [5.41, 5.74) is 9.31. The van der Waals surface area contributed by atoms with Gasteiger partial charge in [0.2, 0.25) is 0 Å². The van der Waals surface area contributed by atoms with E-state index in [1.807, 2.05) is 18.2 Å². The number of hydrogen-bond donors (Lipinski definition) is 3. The van der Waals surface area contributed by atoms with E-state index in [-0.39, 0.29) is 0 Å². The first-order chi connectivity index (χ1) is 16.1. The van der Waals surface area contributed by atoms with Crippen molar-refractivity contribution < 1.29 is 9.47 Å². The second-order valence-electron chi connectivity index (χ2n) is 8.00. The molecule has 1 aliphatic rings. The van der Waals surface area contributed by atoms with Crippen molar-refractivity contribution in [1.82, 2.24) is 35.0 Å². The maximum Gasteiger partial charge on any atom is 0.175 e. The fraction of sp³-hybridized carbons (Fsp3) is 0.364. The van der Waals surface area contributed by atoms with Gasteiger partial charge >= 0.3 is 0 Å². The molecule has 0 bridgehead atoms. The Bertz CT molecular complexity index is 1260. The SMILES string of the molecule is CC(C)NCCCn1c(Sc2cc3c(cc2-c2ccn[nH]2)OCCO3)nc2c(N)ncnc21. The predicted octanol–water partition coefficient (Wildman–Crippen LogP) is 3.11. The molecule has 3 aromatic heterocycles. The summed E-state index contributed by atoms with van der Waals surface area (Å²) >= 11 is 1.54. The van der Waals surface area contributed by atoms with E-state index in [0.29, 0.717) is 30.6 Å². The lowest BCUT2D eigenvalue weighted by Crippen LogP contribution is -2.24. The minimum absolute atomic E-state index is 0.372. The fourth-order valence-corrected chi connectivity index (χ4v) is 4.78. The maximum absolute atomic E-state index is 6.13. The number of nitrogens with zero attached hydrogens (tertiary/aromatic N) is 5. The molecule has 1 aliphatic heterocycles. The molecule has 4 N–H and O–H groups in total. The summed E-state index contributed by atoms with van der Waals surface area (Å²) in [5, 5.41) is 11.4. The Kier molecular flexibility index (Phi) is 6.05. The molecular formula is C22H26N8O2S. The predicted molar refractivity (Wildman–Crippen MR) is 127 cm³/mol. The van der Waals surface area contributed by atoms with E-state index >= 15 is 0 Å². The monoisotopic (exact) mass is 466 g/mol. The largest absolute Gasteiger partial charge is 0.486 e. The van der Waals surface area contributed by atoms with Gasteiger partial charge in [-0.1, -0.05) is 25.6 Å². The number of H-pyrrole nitrogens is 1. The first kappa shape index (κ1) is 21.5. The number of anilines is 1. The molecule has 0 amide bonds. The smallest absolute Gasteiger partial charge is 0.175 e. The van der Waals surface area contributed by atoms with Crippen molar-refractivity contribution in [2.24, 2.45) is 0 Å². The van der Waals surface area contributed by atoms with Gasteiger partial charge in [0.05, 0.1) is 5.69 Å². The Morgan fingerprint density at radius 2 is 2.03 bits per heavy atom. The van der Waals surface area contributed by atoms with Crippen molar-refractivity contribution >= 4 is 28.7 Å². The van der Waals surface area contributed by atoms with Crippen LogP contribution in [0.4, 0.5) is 5.82 Å². The van der Waals surface area contributed by atoms with Gasteiger partial charge in [-0.15, -0.1) is 0 Å². The number of aromatic amines is 1. The Morgan fingerprint density at radius 1 is 1.21 bits per heavy atom. The summed E-state index contributed by atoms with van der Waals surface area (Å²) in [6.45, 7) is 6.97. The Hall–Kier alpha value is -3.31. The van der Waals surface area contributed by atoms with Gasteiger partial charge in [0.15, 0.2) is 33.6 Å². The molecule has 1 aromatic carbocycles. The van der Waals surface area contributed by atoms with Crippen molar-refractivity contribution in [2.75, 3.05) is 25.5 Å². The van der Waals surface area contributed by atoms with Crippen molar-refractivity contribution in [3.8, 4) is 22.8 Å². The van der Waals surface area contributed by atoms with Crippen LogP contribution in [0.5, 0.6) is 11.5 Å². The molecule has 0 atom stereocenters. The van der Waals surface area contributed by atoms with Gasteiger partial charge in [-0.25, -0.2) is 15.0 Å². The molecule has 0 radical (unpaired) electrons. The van der Waals surface area contributed by atoms with E-state index in [2.05, 4.69) is 43.9 Å². The van der Waals surface area contributed by atoms with E-state index in [1.165, 1.54) is 18.1 Å². The Morgan fingerprint density at radius 3 is 2.79 bits per heavy atom. The number of rotatable bonds is 8. The third-order valence-electron chi connectivity index (χ3n) is 5.27. The number of fused-ring (bicyclic) bond motifs is 2. The molecule has 0 fully saturated rings. The number of nitrogens with two attached hydrogens (primary N) is 1. The van der Waals surface area contributed by atoms with Crippen LogP contribution in [0.2, 0.25) is 0 Å². The summed E-state index contributed by atoms with van der Waals surface area (Å²) < 4.78 is 13.8. The lowest BCUT2D eigenvalue weighted by Gasteiger charge is -2.20. The lowest BCUT2D eigenvalue weighted by molar-refractivity contribution is 0.171. The van der Waals surface area contributed by atoms with E-state index in [1.54, 1.807) is 6.20 Å². The van der Waals surface area contributed by atoms with Gasteiger partial charge in [0, 0.05) is 29.2 Å². The minimum atomic E-state index is 0.372. The van der Waals surface area contributed by atoms with Gasteiger partial charge in [-0.2, -0.15) is 5.10 Å². The molecule has 10 nitrogen and oxygen atoms in total. The van der Waals surface area contributed by atoms with Crippen molar-refractivity contribution in [3.05, 3.63) is 30.7 Å². The van der Waals surface area contributed by atoms with Crippen LogP contribution >= 0.6 is 11.8 Å². The molecule has 0 saturated carbocycles. The number of aryl methyl sites for hydroxylation is 1. The zero-order valence-electron chi connectivity index (χ0n) is 18.5. The normalized spacial score (nSPS) is 13.2. The molecule has 33 heavy (non-hydrogen) atoms. The Labute approximate surface area is 195 Å². The standard InChI is InChI=1S/C22H26N8O2S/c1-13(2)24-5-3-7-30-21-19(20(23)25-12-26-21)28-22(30)33-18-11-17-16(31-8-9-32-17)10-14(18)15-4-6-27-29-15/h4,6,10-13,24H,3,5,7-9H2,1-2H3,(H,27,29)(H2,23,25,26). The lowest BCUT2D eigenvalue weighted by atomic mass is 10.1. The summed E-state index contributed by atoms with van der Waals surface area (Å²) in [4.78, 5) is 14.4. The first-order valence-electron chi connectivity index (χ1n) is 10.9. The molecule has 0 spiro atoms. The van der Waals surface area contributed by atoms with Gasteiger partial charge < -0.3 is 25.1 Å². The van der Waals surface area contributed by atoms with Gasteiger partial charge in [0.25, 0.3) is 0 Å². The average molecular weight is 467 g/mol. The minimum Gasteiger partial charge on any atom is -0.486 e. The highest BCUT2D eigenvalue weighted by Crippen LogP contribution is 2.43. The number of benzene rings is 1. The van der Waals surface area contributed by atoms with Crippen LogP contribution < -0.4 is 20.5 Å². The molecule has 5 rings (SSSR count). The van der Waals surface area contributed by atoms with Gasteiger partial charge in [0.1, 0.15) is 19.5 Å². The van der Waals surface area contributed by atoms with Crippen LogP contribution in [0, 0.1) is 0 Å². The maximum atomic E-state index is 6.13. The highest BCUT2D eigenvalue weighted by atomic mass is 32.2. The van der Waals surface area contributed by atoms with Gasteiger partial charge in [-0.05, 0) is 31.2 Å². The van der Waals surface area contributed by atoms with E-state index in [0.717, 1.165) is 58.0 Å². The van der Waals surface area contributed by atoms with Crippen molar-refractivity contribution in [2.45, 2.75) is 42.9 Å². The van der Waals surface area contributed by atoms with Crippen LogP contribution in [0.1, 0.15) is 20.3 Å². The topological polar surface area (TPSA) is 129 Å². The molecule has 0 unspecified atom stereocenters. The average Bonchev–Trinajstić information content (AvgIpc) is 3.45. The summed E-state index contributed by atoms with van der Waals surface area (Å²) in [6.07, 6.45) is 4.14. The van der Waals surface area contributed by atoms with E-state index < -0.39 is 0 Å². The molecule has 0 saturated heterocycles. The van der Waals surface area contributed by atoms with Gasteiger partial charge in [-0.3, -0.25) is 5.10 Å². The second kappa shape index (κ2) is 9.28. The zero-order chi connectivity index (χ0) is 22.8. The van der Waals surface area contributed by atoms with Crippen LogP contribution in [0.15, 0.2) is 40.8 Å². The van der Waals surface area contributed by atoms with E-state index in [9.17, 15) is 0 Å². The molecule has 172 valence electrons. The number of nitrogens with one attached hydrogen (secondary N) is 2. The van der Waals surface area contributed by atoms with Crippen molar-refractivity contribution in [1.29, 1.82) is 0 Å². The fourth-order valence-electron chi connectivity index (χ4n) is 3.71. The summed E-state index contributed by atoms with van der Waals surface area (Å²) in [5.74, 6) is 1.81. The number of nitrogen functional groups attached to an aromatic ring is 1. The quantitative estimate of drug-likeness (QED) is 0.335. The number of hydrogen-bond acceptors (Lipinski definition) is 9. The van der Waals surface area contributed by atoms with Crippen molar-refractivity contribution in [3.63, 3.8) is 0 Å². The molecule has 4 heterocycles. The molecule has 0 aliphatic carbocycles. The Balaban J connectivity index is 1.55. The zero-order valence-corrected chi connectivity index (χ0v) is 19.4. The van der Waals surface area contributed by atoms with E-state index in [4.69, 9.17) is 20.2 Å². The molecule has 11 heteroatoms. The number of aromatic nitrogens is 6. The number of imidazole rings is 1. The van der Waals surface area contributed by atoms with Crippen LogP contribution in [-0.4, -0.2) is 55.5 Å². The third kappa shape index (κ3) is 4.46. The van der Waals surface area contributed by atoms with Crippen LogP contribution in [-0.2, 0) is 6.54 Å². The molecule has 4 aromatic rings. The number of ether oxygens (including phenoxy) is 2.